The fourth-order valence-electron chi connectivity index (χ4n) is 1.91. The van der Waals surface area contributed by atoms with E-state index in [1.54, 1.807) is 35.9 Å². The first-order valence-corrected chi connectivity index (χ1v) is 6.76. The number of primary amides is 1. The molecule has 1 aromatic carbocycles. The summed E-state index contributed by atoms with van der Waals surface area (Å²) in [7, 11) is 0. The van der Waals surface area contributed by atoms with Crippen molar-refractivity contribution in [1.82, 2.24) is 9.78 Å². The zero-order valence-corrected chi connectivity index (χ0v) is 12.4. The molecule has 0 spiro atoms. The van der Waals surface area contributed by atoms with E-state index in [2.05, 4.69) is 10.4 Å². The van der Waals surface area contributed by atoms with E-state index in [0.29, 0.717) is 34.2 Å². The monoisotopic (exact) mass is 306 g/mol. The van der Waals surface area contributed by atoms with Gasteiger partial charge in [0.15, 0.2) is 0 Å². The molecule has 21 heavy (non-hydrogen) atoms. The van der Waals surface area contributed by atoms with Crippen LogP contribution in [0.5, 0.6) is 0 Å². The lowest BCUT2D eigenvalue weighted by atomic mass is 10.2. The Kier molecular flexibility index (Phi) is 4.28. The fraction of sp³-hybridized carbons (Fsp3) is 0.214. The molecular weight excluding hydrogens is 292 g/mol. The van der Waals surface area contributed by atoms with Crippen LogP contribution in [0, 0.1) is 6.92 Å². The van der Waals surface area contributed by atoms with Crippen LogP contribution in [0.4, 0.5) is 5.69 Å². The van der Waals surface area contributed by atoms with Gasteiger partial charge in [-0.1, -0.05) is 11.6 Å². The standard InChI is InChI=1S/C14H15ClN4O2/c1-3-19-12(11(15)8(2)18-19)14(21)17-10-6-4-9(5-7-10)13(16)20/h4-7H,3H2,1-2H3,(H2,16,20)(H,17,21). The van der Waals surface area contributed by atoms with Crippen LogP contribution in [0.15, 0.2) is 24.3 Å². The molecule has 1 aromatic heterocycles. The molecule has 6 nitrogen and oxygen atoms in total. The van der Waals surface area contributed by atoms with Gasteiger partial charge < -0.3 is 11.1 Å². The molecule has 2 amide bonds. The molecule has 2 aromatic rings. The zero-order chi connectivity index (χ0) is 15.6. The van der Waals surface area contributed by atoms with Gasteiger partial charge in [0.05, 0.1) is 10.7 Å². The second-order valence-electron chi connectivity index (χ2n) is 4.46. The third kappa shape index (κ3) is 3.05. The number of nitrogens with zero attached hydrogens (tertiary/aromatic N) is 2. The Morgan fingerprint density at radius 3 is 2.48 bits per heavy atom. The minimum atomic E-state index is -0.518. The summed E-state index contributed by atoms with van der Waals surface area (Å²) in [6.07, 6.45) is 0. The van der Waals surface area contributed by atoms with Gasteiger partial charge in [-0.2, -0.15) is 5.10 Å². The molecule has 110 valence electrons. The number of nitrogens with two attached hydrogens (primary N) is 1. The second kappa shape index (κ2) is 5.97. The SMILES string of the molecule is CCn1nc(C)c(Cl)c1C(=O)Nc1ccc(C(N)=O)cc1. The van der Waals surface area contributed by atoms with Gasteiger partial charge in [-0.05, 0) is 38.1 Å². The van der Waals surface area contributed by atoms with Crippen molar-refractivity contribution in [2.45, 2.75) is 20.4 Å². The number of nitrogens with one attached hydrogen (secondary N) is 1. The van der Waals surface area contributed by atoms with Crippen LogP contribution in [-0.2, 0) is 6.54 Å². The Bertz CT molecular complexity index is 692. The number of aromatic nitrogens is 2. The minimum Gasteiger partial charge on any atom is -0.366 e. The third-order valence-electron chi connectivity index (χ3n) is 3.00. The van der Waals surface area contributed by atoms with Crippen LogP contribution < -0.4 is 11.1 Å². The highest BCUT2D eigenvalue weighted by Gasteiger charge is 2.19. The lowest BCUT2D eigenvalue weighted by Crippen LogP contribution is -2.18. The van der Waals surface area contributed by atoms with E-state index >= 15 is 0 Å². The smallest absolute Gasteiger partial charge is 0.275 e. The van der Waals surface area contributed by atoms with Gasteiger partial charge >= 0.3 is 0 Å². The molecule has 0 aliphatic rings. The molecule has 0 radical (unpaired) electrons. The molecule has 3 N–H and O–H groups in total. The summed E-state index contributed by atoms with van der Waals surface area (Å²) < 4.78 is 1.55. The number of hydrogen-bond acceptors (Lipinski definition) is 3. The van der Waals surface area contributed by atoms with Crippen LogP contribution in [0.25, 0.3) is 0 Å². The summed E-state index contributed by atoms with van der Waals surface area (Å²) in [4.78, 5) is 23.3. The number of anilines is 1. The second-order valence-corrected chi connectivity index (χ2v) is 4.84. The Morgan fingerprint density at radius 2 is 1.95 bits per heavy atom. The maximum atomic E-state index is 12.3. The molecule has 0 atom stereocenters. The molecule has 0 saturated carbocycles. The van der Waals surface area contributed by atoms with E-state index in [-0.39, 0.29) is 5.91 Å². The summed E-state index contributed by atoms with van der Waals surface area (Å²) >= 11 is 6.12. The molecule has 7 heteroatoms. The summed E-state index contributed by atoms with van der Waals surface area (Å²) in [6, 6.07) is 6.29. The molecular formula is C14H15ClN4O2. The first-order chi connectivity index (χ1) is 9.93. The van der Waals surface area contributed by atoms with Crippen molar-refractivity contribution in [1.29, 1.82) is 0 Å². The minimum absolute atomic E-state index is 0.315. The van der Waals surface area contributed by atoms with Gasteiger partial charge in [0.1, 0.15) is 5.69 Å². The highest BCUT2D eigenvalue weighted by molar-refractivity contribution is 6.34. The Morgan fingerprint density at radius 1 is 1.33 bits per heavy atom. The summed E-state index contributed by atoms with van der Waals surface area (Å²) in [5.41, 5.74) is 7.00. The average Bonchev–Trinajstić information content (AvgIpc) is 2.74. The fourth-order valence-corrected chi connectivity index (χ4v) is 2.13. The van der Waals surface area contributed by atoms with Crippen LogP contribution in [0.2, 0.25) is 5.02 Å². The van der Waals surface area contributed by atoms with Crippen LogP contribution in [0.1, 0.15) is 33.5 Å². The molecule has 0 aliphatic carbocycles. The number of aryl methyl sites for hydroxylation is 2. The lowest BCUT2D eigenvalue weighted by molar-refractivity contribution is 0.0997. The van der Waals surface area contributed by atoms with Gasteiger partial charge in [-0.25, -0.2) is 0 Å². The van der Waals surface area contributed by atoms with Crippen molar-refractivity contribution >= 4 is 29.1 Å². The largest absolute Gasteiger partial charge is 0.366 e. The Balaban J connectivity index is 2.24. The third-order valence-corrected chi connectivity index (χ3v) is 3.45. The van der Waals surface area contributed by atoms with E-state index < -0.39 is 5.91 Å². The van der Waals surface area contributed by atoms with Crippen molar-refractivity contribution in [3.8, 4) is 0 Å². The van der Waals surface area contributed by atoms with E-state index in [4.69, 9.17) is 17.3 Å². The maximum absolute atomic E-state index is 12.3. The number of carbonyl (C=O) groups is 2. The van der Waals surface area contributed by atoms with Crippen molar-refractivity contribution in [2.24, 2.45) is 5.73 Å². The molecule has 0 saturated heterocycles. The van der Waals surface area contributed by atoms with Gasteiger partial charge in [-0.3, -0.25) is 14.3 Å². The van der Waals surface area contributed by atoms with Gasteiger partial charge in [0, 0.05) is 17.8 Å². The van der Waals surface area contributed by atoms with Gasteiger partial charge in [0.2, 0.25) is 5.91 Å². The zero-order valence-electron chi connectivity index (χ0n) is 11.7. The Labute approximate surface area is 126 Å². The van der Waals surface area contributed by atoms with Crippen LogP contribution in [-0.4, -0.2) is 21.6 Å². The van der Waals surface area contributed by atoms with E-state index in [1.807, 2.05) is 6.92 Å². The van der Waals surface area contributed by atoms with Crippen molar-refractivity contribution in [3.05, 3.63) is 46.2 Å². The van der Waals surface area contributed by atoms with Crippen molar-refractivity contribution in [2.75, 3.05) is 5.32 Å². The van der Waals surface area contributed by atoms with E-state index in [1.165, 1.54) is 0 Å². The van der Waals surface area contributed by atoms with Crippen LogP contribution in [0.3, 0.4) is 0 Å². The van der Waals surface area contributed by atoms with Gasteiger partial charge in [0.25, 0.3) is 5.91 Å². The van der Waals surface area contributed by atoms with Gasteiger partial charge in [-0.15, -0.1) is 0 Å². The first kappa shape index (κ1) is 15.1. The number of halogens is 1. The Hall–Kier alpha value is -2.34. The predicted octanol–water partition coefficient (Wildman–Crippen LogP) is 2.22. The van der Waals surface area contributed by atoms with E-state index in [9.17, 15) is 9.59 Å². The molecule has 2 rings (SSSR count). The van der Waals surface area contributed by atoms with Crippen LogP contribution >= 0.6 is 11.6 Å². The highest BCUT2D eigenvalue weighted by atomic mass is 35.5. The molecule has 0 aliphatic heterocycles. The van der Waals surface area contributed by atoms with Crippen molar-refractivity contribution in [3.63, 3.8) is 0 Å². The summed E-state index contributed by atoms with van der Waals surface area (Å²) in [6.45, 7) is 4.16. The first-order valence-electron chi connectivity index (χ1n) is 6.38. The quantitative estimate of drug-likeness (QED) is 0.907. The number of rotatable bonds is 4. The number of hydrogen-bond donors (Lipinski definition) is 2. The number of carbonyl (C=O) groups excluding carboxylic acids is 2. The highest BCUT2D eigenvalue weighted by Crippen LogP contribution is 2.21. The molecule has 0 bridgehead atoms. The number of benzene rings is 1. The predicted molar refractivity (Wildman–Crippen MR) is 80.6 cm³/mol. The summed E-state index contributed by atoms with van der Waals surface area (Å²) in [5.74, 6) is -0.870. The number of amides is 2. The van der Waals surface area contributed by atoms with Crippen molar-refractivity contribution < 1.29 is 9.59 Å². The maximum Gasteiger partial charge on any atom is 0.275 e. The lowest BCUT2D eigenvalue weighted by Gasteiger charge is -2.07. The normalized spacial score (nSPS) is 10.4. The molecule has 0 fully saturated rings. The average molecular weight is 307 g/mol. The molecule has 1 heterocycles. The summed E-state index contributed by atoms with van der Waals surface area (Å²) in [5, 5.41) is 7.24. The topological polar surface area (TPSA) is 90.0 Å². The molecule has 0 unspecified atom stereocenters. The van der Waals surface area contributed by atoms with E-state index in [0.717, 1.165) is 0 Å².